The smallest absolute Gasteiger partial charge is 0.325 e. The lowest BCUT2D eigenvalue weighted by molar-refractivity contribution is -0.144. The summed E-state index contributed by atoms with van der Waals surface area (Å²) in [5, 5.41) is 13.8. The van der Waals surface area contributed by atoms with Crippen molar-refractivity contribution >= 4 is 11.8 Å². The molecule has 1 aliphatic carbocycles. The summed E-state index contributed by atoms with van der Waals surface area (Å²) in [5.41, 5.74) is 4.38. The van der Waals surface area contributed by atoms with Gasteiger partial charge in [-0.2, -0.15) is 0 Å². The first-order chi connectivity index (χ1) is 18.7. The number of hydrogen-bond donors (Lipinski definition) is 2. The lowest BCUT2D eigenvalue weighted by atomic mass is 9.86. The van der Waals surface area contributed by atoms with Crippen LogP contribution in [0.25, 0.3) is 0 Å². The van der Waals surface area contributed by atoms with E-state index >= 15 is 0 Å². The lowest BCUT2D eigenvalue weighted by Crippen LogP contribution is -2.39. The van der Waals surface area contributed by atoms with Gasteiger partial charge in [0, 0.05) is 30.5 Å². The topological polar surface area (TPSA) is 83.9 Å². The average molecular weight is 536 g/mol. The predicted molar refractivity (Wildman–Crippen MR) is 154 cm³/mol. The van der Waals surface area contributed by atoms with Gasteiger partial charge in [0.25, 0.3) is 0 Å². The number of nitrogens with one attached hydrogen (secondary N) is 1. The minimum absolute atomic E-state index is 0.0137. The van der Waals surface area contributed by atoms with Crippen LogP contribution in [0.4, 0.5) is 5.82 Å². The van der Waals surface area contributed by atoms with Crippen molar-refractivity contribution in [2.75, 3.05) is 32.1 Å². The van der Waals surface area contributed by atoms with Gasteiger partial charge in [0.15, 0.2) is 0 Å². The second kappa shape index (κ2) is 11.8. The molecule has 0 saturated heterocycles. The predicted octanol–water partition coefficient (Wildman–Crippen LogP) is 5.98. The highest BCUT2D eigenvalue weighted by atomic mass is 16.5. The number of pyridine rings is 1. The number of fused-ring (bicyclic) bond motifs is 2. The van der Waals surface area contributed by atoms with Gasteiger partial charge in [-0.1, -0.05) is 39.0 Å². The third-order valence-corrected chi connectivity index (χ3v) is 9.13. The number of aryl methyl sites for hydroxylation is 2. The van der Waals surface area contributed by atoms with Gasteiger partial charge in [-0.25, -0.2) is 4.98 Å². The monoisotopic (exact) mass is 535 g/mol. The Morgan fingerprint density at radius 2 is 2.13 bits per heavy atom. The van der Waals surface area contributed by atoms with Crippen LogP contribution in [-0.4, -0.2) is 59.9 Å². The number of aliphatic carboxylic acids is 1. The number of carbonyl (C=O) groups is 1. The van der Waals surface area contributed by atoms with E-state index in [1.54, 1.807) is 0 Å². The van der Waals surface area contributed by atoms with Crippen molar-refractivity contribution in [3.05, 3.63) is 52.7 Å². The van der Waals surface area contributed by atoms with Crippen LogP contribution in [0.5, 0.6) is 5.75 Å². The van der Waals surface area contributed by atoms with Crippen LogP contribution in [-0.2, 0) is 22.4 Å². The normalized spacial score (nSPS) is 24.4. The van der Waals surface area contributed by atoms with Crippen molar-refractivity contribution in [1.29, 1.82) is 0 Å². The number of unbranched alkanes of at least 4 members (excludes halogenated alkanes) is 1. The first-order valence-electron chi connectivity index (χ1n) is 14.8. The average Bonchev–Trinajstić information content (AvgIpc) is 3.22. The highest BCUT2D eigenvalue weighted by molar-refractivity contribution is 5.77. The summed E-state index contributed by atoms with van der Waals surface area (Å²) in [7, 11) is 1.97. The van der Waals surface area contributed by atoms with Crippen LogP contribution in [0.15, 0.2) is 30.3 Å². The number of likely N-dealkylation sites (N-methyl/N-ethyl adjacent to an activating group) is 1. The van der Waals surface area contributed by atoms with Gasteiger partial charge in [-0.05, 0) is 93.0 Å². The summed E-state index contributed by atoms with van der Waals surface area (Å²) >= 11 is 0. The fourth-order valence-corrected chi connectivity index (χ4v) is 6.81. The van der Waals surface area contributed by atoms with Crippen molar-refractivity contribution in [3.63, 3.8) is 0 Å². The number of anilines is 1. The molecule has 1 aromatic heterocycles. The molecule has 0 spiro atoms. The van der Waals surface area contributed by atoms with E-state index in [-0.39, 0.29) is 23.5 Å². The molecular weight excluding hydrogens is 490 g/mol. The molecule has 1 fully saturated rings. The second-order valence-corrected chi connectivity index (χ2v) is 12.4. The van der Waals surface area contributed by atoms with Crippen LogP contribution in [0.2, 0.25) is 0 Å². The molecule has 7 nitrogen and oxygen atoms in total. The van der Waals surface area contributed by atoms with Crippen molar-refractivity contribution in [1.82, 2.24) is 9.88 Å². The highest BCUT2D eigenvalue weighted by Crippen LogP contribution is 2.45. The van der Waals surface area contributed by atoms with E-state index in [0.29, 0.717) is 6.61 Å². The first kappa shape index (κ1) is 27.9. The summed E-state index contributed by atoms with van der Waals surface area (Å²) in [6, 6.07) is 9.69. The molecule has 3 aliphatic rings. The number of carboxylic acid groups (broad SMARTS) is 1. The Morgan fingerprint density at radius 3 is 2.95 bits per heavy atom. The maximum absolute atomic E-state index is 12.7. The van der Waals surface area contributed by atoms with E-state index in [4.69, 9.17) is 14.5 Å². The zero-order valence-corrected chi connectivity index (χ0v) is 24.0. The summed E-state index contributed by atoms with van der Waals surface area (Å²) in [6.07, 6.45) is 8.06. The molecule has 39 heavy (non-hydrogen) atoms. The Kier molecular flexibility index (Phi) is 8.48. The van der Waals surface area contributed by atoms with Gasteiger partial charge in [0.2, 0.25) is 0 Å². The number of hydrogen-bond acceptors (Lipinski definition) is 6. The summed E-state index contributed by atoms with van der Waals surface area (Å²) in [5.74, 6) is 1.37. The summed E-state index contributed by atoms with van der Waals surface area (Å²) < 4.78 is 12.4. The number of rotatable bonds is 10. The van der Waals surface area contributed by atoms with Crippen LogP contribution < -0.4 is 10.1 Å². The van der Waals surface area contributed by atoms with Crippen molar-refractivity contribution in [3.8, 4) is 5.75 Å². The number of aromatic nitrogens is 1. The van der Waals surface area contributed by atoms with E-state index in [9.17, 15) is 9.90 Å². The molecule has 0 radical (unpaired) electrons. The zero-order chi connectivity index (χ0) is 27.6. The highest BCUT2D eigenvalue weighted by Gasteiger charge is 2.45. The summed E-state index contributed by atoms with van der Waals surface area (Å²) in [4.78, 5) is 19.5. The number of carboxylic acids is 1. The molecule has 212 valence electrons. The SMILES string of the molecule is C[C@@H]1CCOc2cccc(C(C(=O)O)N(C)C3CC(OCCCCc4ccc5c(n4)NCCC5)C(C)(C)C3)c21. The fraction of sp³-hybridized carbons (Fsp3) is 0.625. The Labute approximate surface area is 233 Å². The van der Waals surface area contributed by atoms with Gasteiger partial charge in [-0.15, -0.1) is 0 Å². The quantitative estimate of drug-likeness (QED) is 0.362. The van der Waals surface area contributed by atoms with Crippen LogP contribution in [0, 0.1) is 5.41 Å². The van der Waals surface area contributed by atoms with Crippen molar-refractivity contribution in [2.45, 2.75) is 96.2 Å². The number of benzene rings is 1. The molecule has 2 N–H and O–H groups in total. The Morgan fingerprint density at radius 1 is 1.28 bits per heavy atom. The van der Waals surface area contributed by atoms with E-state index in [1.807, 2.05) is 25.2 Å². The molecular formula is C32H45N3O4. The van der Waals surface area contributed by atoms with E-state index in [0.717, 1.165) is 86.5 Å². The van der Waals surface area contributed by atoms with E-state index < -0.39 is 12.0 Å². The van der Waals surface area contributed by atoms with Gasteiger partial charge >= 0.3 is 5.97 Å². The number of nitrogens with zero attached hydrogens (tertiary/aromatic N) is 2. The Bertz CT molecular complexity index is 1170. The van der Waals surface area contributed by atoms with Crippen LogP contribution >= 0.6 is 0 Å². The molecule has 1 aromatic carbocycles. The maximum Gasteiger partial charge on any atom is 0.325 e. The van der Waals surface area contributed by atoms with E-state index in [2.05, 4.69) is 43.1 Å². The van der Waals surface area contributed by atoms with Crippen LogP contribution in [0.1, 0.15) is 93.6 Å². The fourth-order valence-electron chi connectivity index (χ4n) is 6.81. The molecule has 0 amide bonds. The molecule has 1 saturated carbocycles. The molecule has 3 heterocycles. The first-order valence-corrected chi connectivity index (χ1v) is 14.8. The Balaban J connectivity index is 1.17. The van der Waals surface area contributed by atoms with Crippen molar-refractivity contribution in [2.24, 2.45) is 5.41 Å². The minimum atomic E-state index is -0.808. The number of ether oxygens (including phenoxy) is 2. The third kappa shape index (κ3) is 6.09. The molecule has 2 aromatic rings. The van der Waals surface area contributed by atoms with E-state index in [1.165, 1.54) is 12.0 Å². The standard InChI is InChI=1S/C32H45N3O4/c1-21-15-18-38-26-12-7-11-25(28(21)26)29(31(36)37)35(4)24-19-27(32(2,3)20-24)39-17-6-5-10-23-14-13-22-9-8-16-33-30(22)34-23/h7,11-14,21,24,27,29H,5-6,8-10,15-20H2,1-4H3,(H,33,34)(H,36,37)/t21-,24?,27?,29?/m1/s1. The maximum atomic E-state index is 12.7. The molecule has 7 heteroatoms. The third-order valence-electron chi connectivity index (χ3n) is 9.13. The van der Waals surface area contributed by atoms with Gasteiger partial charge in [0.1, 0.15) is 17.6 Å². The van der Waals surface area contributed by atoms with Crippen LogP contribution in [0.3, 0.4) is 0 Å². The van der Waals surface area contributed by atoms with Gasteiger partial charge < -0.3 is 19.9 Å². The van der Waals surface area contributed by atoms with Gasteiger partial charge in [-0.3, -0.25) is 9.69 Å². The molecule has 3 unspecified atom stereocenters. The molecule has 4 atom stereocenters. The largest absolute Gasteiger partial charge is 0.493 e. The lowest BCUT2D eigenvalue weighted by Gasteiger charge is -2.34. The van der Waals surface area contributed by atoms with Crippen molar-refractivity contribution < 1.29 is 19.4 Å². The summed E-state index contributed by atoms with van der Waals surface area (Å²) in [6.45, 7) is 9.10. The second-order valence-electron chi connectivity index (χ2n) is 12.4. The molecule has 2 aliphatic heterocycles. The molecule has 0 bridgehead atoms. The molecule has 5 rings (SSSR count). The van der Waals surface area contributed by atoms with Gasteiger partial charge in [0.05, 0.1) is 12.7 Å². The zero-order valence-electron chi connectivity index (χ0n) is 24.0. The minimum Gasteiger partial charge on any atom is -0.493 e. The Hall–Kier alpha value is -2.64.